The lowest BCUT2D eigenvalue weighted by atomic mass is 9.96. The maximum absolute atomic E-state index is 15.8. The van der Waals surface area contributed by atoms with Crippen molar-refractivity contribution in [2.45, 2.75) is 90.8 Å². The molecule has 0 spiro atoms. The fourth-order valence-corrected chi connectivity index (χ4v) is 7.25. The molecule has 2 atom stereocenters. The van der Waals surface area contributed by atoms with Gasteiger partial charge in [0, 0.05) is 24.2 Å². The van der Waals surface area contributed by atoms with E-state index < -0.39 is 35.0 Å². The summed E-state index contributed by atoms with van der Waals surface area (Å²) in [5.74, 6) is -0.461. The molecule has 0 unspecified atom stereocenters. The van der Waals surface area contributed by atoms with Crippen molar-refractivity contribution in [3.63, 3.8) is 0 Å². The van der Waals surface area contributed by atoms with Gasteiger partial charge in [0.05, 0.1) is 42.0 Å². The van der Waals surface area contributed by atoms with Gasteiger partial charge >= 0.3 is 6.09 Å². The smallest absolute Gasteiger partial charge is 0.410 e. The molecule has 1 saturated heterocycles. The highest BCUT2D eigenvalue weighted by atomic mass is 19.1. The number of hydrogen-bond acceptors (Lipinski definition) is 8. The first-order valence-electron chi connectivity index (χ1n) is 17.2. The van der Waals surface area contributed by atoms with E-state index in [0.717, 1.165) is 24.0 Å². The summed E-state index contributed by atoms with van der Waals surface area (Å²) in [5.41, 5.74) is 3.34. The quantitative estimate of drug-likeness (QED) is 0.248. The molecule has 262 valence electrons. The van der Waals surface area contributed by atoms with Crippen molar-refractivity contribution >= 4 is 34.4 Å². The van der Waals surface area contributed by atoms with Gasteiger partial charge in [-0.25, -0.2) is 14.2 Å². The molecule has 1 saturated carbocycles. The first-order chi connectivity index (χ1) is 23.7. The van der Waals surface area contributed by atoms with Gasteiger partial charge in [0.15, 0.2) is 0 Å². The number of methoxy groups -OCH3 is 1. The zero-order valence-corrected chi connectivity index (χ0v) is 29.8. The number of fused-ring (bicyclic) bond motifs is 5. The maximum atomic E-state index is 15.8. The van der Waals surface area contributed by atoms with Gasteiger partial charge in [-0.2, -0.15) is 0 Å². The number of pyridine rings is 3. The van der Waals surface area contributed by atoms with E-state index in [0.29, 0.717) is 39.5 Å². The number of piperazine rings is 1. The molecule has 50 heavy (non-hydrogen) atoms. The number of aromatic nitrogens is 3. The number of aryl methyl sites for hydroxylation is 1. The summed E-state index contributed by atoms with van der Waals surface area (Å²) in [5, 5.41) is 3.58. The molecule has 1 N–H and O–H groups in total. The lowest BCUT2D eigenvalue weighted by Crippen LogP contribution is -2.65. The normalized spacial score (nSPS) is 19.0. The van der Waals surface area contributed by atoms with Gasteiger partial charge in [-0.3, -0.25) is 19.1 Å². The van der Waals surface area contributed by atoms with Gasteiger partial charge < -0.3 is 24.6 Å². The van der Waals surface area contributed by atoms with Gasteiger partial charge in [0.1, 0.15) is 34.5 Å². The van der Waals surface area contributed by atoms with Crippen molar-refractivity contribution in [1.29, 1.82) is 0 Å². The van der Waals surface area contributed by atoms with Crippen LogP contribution in [0.5, 0.6) is 5.75 Å². The third kappa shape index (κ3) is 5.54. The molecule has 4 aromatic rings. The molecule has 2 aliphatic heterocycles. The largest absolute Gasteiger partial charge is 0.496 e. The number of nitrogens with one attached hydrogen (secondary N) is 1. The number of anilines is 2. The Morgan fingerprint density at radius 3 is 2.50 bits per heavy atom. The van der Waals surface area contributed by atoms with Crippen LogP contribution in [0, 0.1) is 12.7 Å². The van der Waals surface area contributed by atoms with Crippen LogP contribution in [0.15, 0.2) is 41.3 Å². The fraction of sp³-hybridized carbons (Fsp3) is 0.447. The predicted octanol–water partition coefficient (Wildman–Crippen LogP) is 6.67. The van der Waals surface area contributed by atoms with Crippen molar-refractivity contribution in [3.05, 3.63) is 69.5 Å². The second kappa shape index (κ2) is 12.1. The lowest BCUT2D eigenvalue weighted by molar-refractivity contribution is -0.118. The number of carbonyl (C=O) groups is 2. The number of benzene rings is 1. The number of carbonyl (C=O) groups excluding carboxylic acids is 2. The third-order valence-corrected chi connectivity index (χ3v) is 9.73. The number of rotatable bonds is 5. The molecule has 5 heterocycles. The Balaban J connectivity index is 1.54. The van der Waals surface area contributed by atoms with E-state index in [4.69, 9.17) is 14.5 Å². The molecule has 1 aliphatic carbocycles. The Morgan fingerprint density at radius 1 is 1.10 bits per heavy atom. The summed E-state index contributed by atoms with van der Waals surface area (Å²) in [6, 6.07) is 7.40. The highest BCUT2D eigenvalue weighted by molar-refractivity contribution is 6.11. The zero-order chi connectivity index (χ0) is 35.8. The van der Waals surface area contributed by atoms with Crippen molar-refractivity contribution in [2.24, 2.45) is 0 Å². The minimum atomic E-state index is -0.785. The van der Waals surface area contributed by atoms with Crippen molar-refractivity contribution in [3.8, 4) is 22.7 Å². The summed E-state index contributed by atoms with van der Waals surface area (Å²) in [6.07, 6.45) is 3.02. The minimum Gasteiger partial charge on any atom is -0.496 e. The summed E-state index contributed by atoms with van der Waals surface area (Å²) >= 11 is 0. The van der Waals surface area contributed by atoms with E-state index in [1.807, 2.05) is 44.7 Å². The molecular formula is C38H43FN6O5. The Kier molecular flexibility index (Phi) is 8.11. The molecule has 12 heteroatoms. The number of amides is 2. The van der Waals surface area contributed by atoms with E-state index in [-0.39, 0.29) is 42.2 Å². The van der Waals surface area contributed by atoms with E-state index >= 15 is 4.39 Å². The van der Waals surface area contributed by atoms with Gasteiger partial charge in [-0.05, 0) is 94.7 Å². The van der Waals surface area contributed by atoms with Crippen LogP contribution in [0.3, 0.4) is 0 Å². The second-order valence-corrected chi connectivity index (χ2v) is 14.9. The average Bonchev–Trinajstić information content (AvgIpc) is 3.89. The standard InChI is InChI=1S/C38H43FN6O5/c1-19(2)29-32(20(3)14-15-40-29)45-34-24(16-23(22-12-13-22)30(41-34)28-25(39)10-9-11-27(28)49-8)33-31(36(45)47)42-35(46)26-18-43(21(4)17-44(26)33)37(48)50-38(5,6)7/h9-11,14-16,19,21-22,26H,12-13,17-18H2,1-8H3,(H,42,46)/t21-,26-/m1/s1. The molecule has 0 radical (unpaired) electrons. The van der Waals surface area contributed by atoms with Crippen molar-refractivity contribution in [1.82, 2.24) is 19.4 Å². The van der Waals surface area contributed by atoms with Crippen LogP contribution >= 0.6 is 0 Å². The highest BCUT2D eigenvalue weighted by Gasteiger charge is 2.45. The summed E-state index contributed by atoms with van der Waals surface area (Å²) < 4.78 is 28.7. The Labute approximate surface area is 290 Å². The van der Waals surface area contributed by atoms with Gasteiger partial charge in [0.25, 0.3) is 5.56 Å². The van der Waals surface area contributed by atoms with Gasteiger partial charge in [-0.1, -0.05) is 19.9 Å². The summed E-state index contributed by atoms with van der Waals surface area (Å²) in [4.78, 5) is 55.5. The van der Waals surface area contributed by atoms with Gasteiger partial charge in [0.2, 0.25) is 5.91 Å². The highest BCUT2D eigenvalue weighted by Crippen LogP contribution is 2.49. The molecule has 1 aromatic carbocycles. The molecule has 0 bridgehead atoms. The topological polar surface area (TPSA) is 119 Å². The molecule has 2 amide bonds. The van der Waals surface area contributed by atoms with Crippen LogP contribution in [-0.4, -0.2) is 69.3 Å². The molecular weight excluding hydrogens is 639 g/mol. The monoisotopic (exact) mass is 682 g/mol. The third-order valence-electron chi connectivity index (χ3n) is 9.73. The van der Waals surface area contributed by atoms with E-state index in [2.05, 4.69) is 10.3 Å². The predicted molar refractivity (Wildman–Crippen MR) is 190 cm³/mol. The minimum absolute atomic E-state index is 0.0551. The van der Waals surface area contributed by atoms with Crippen molar-refractivity contribution in [2.75, 3.05) is 30.4 Å². The first-order valence-corrected chi connectivity index (χ1v) is 17.2. The molecule has 3 aliphatic rings. The number of hydrogen-bond donors (Lipinski definition) is 1. The molecule has 2 fully saturated rings. The van der Waals surface area contributed by atoms with Crippen LogP contribution in [0.1, 0.15) is 83.0 Å². The number of ether oxygens (including phenoxy) is 2. The molecule has 7 rings (SSSR count). The fourth-order valence-electron chi connectivity index (χ4n) is 7.25. The van der Waals surface area contributed by atoms with Crippen LogP contribution in [-0.2, 0) is 9.53 Å². The van der Waals surface area contributed by atoms with Crippen LogP contribution in [0.4, 0.5) is 20.6 Å². The first kappa shape index (κ1) is 33.5. The number of halogens is 1. The van der Waals surface area contributed by atoms with Gasteiger partial charge in [-0.15, -0.1) is 0 Å². The second-order valence-electron chi connectivity index (χ2n) is 14.9. The summed E-state index contributed by atoms with van der Waals surface area (Å²) in [6.45, 7) is 13.6. The summed E-state index contributed by atoms with van der Waals surface area (Å²) in [7, 11) is 1.50. The number of nitrogens with zero attached hydrogens (tertiary/aromatic N) is 5. The Bertz CT molecular complexity index is 2120. The van der Waals surface area contributed by atoms with E-state index in [1.165, 1.54) is 17.7 Å². The van der Waals surface area contributed by atoms with Crippen LogP contribution < -0.4 is 20.5 Å². The van der Waals surface area contributed by atoms with E-state index in [1.54, 1.807) is 44.0 Å². The Hall–Kier alpha value is -5.00. The molecule has 3 aromatic heterocycles. The average molecular weight is 683 g/mol. The molecule has 11 nitrogen and oxygen atoms in total. The van der Waals surface area contributed by atoms with Crippen LogP contribution in [0.25, 0.3) is 28.0 Å². The zero-order valence-electron chi connectivity index (χ0n) is 29.8. The Morgan fingerprint density at radius 2 is 1.84 bits per heavy atom. The van der Waals surface area contributed by atoms with Crippen molar-refractivity contribution < 1.29 is 23.5 Å². The van der Waals surface area contributed by atoms with E-state index in [9.17, 15) is 14.4 Å². The lowest BCUT2D eigenvalue weighted by Gasteiger charge is -2.48. The van der Waals surface area contributed by atoms with Crippen LogP contribution in [0.2, 0.25) is 0 Å². The maximum Gasteiger partial charge on any atom is 0.410 e. The SMILES string of the molecule is COc1cccc(F)c1-c1nc2c(cc1C1CC1)c1c(c(=O)n2-c2c(C)ccnc2C(C)C)NC(=O)[C@H]2CN(C(=O)OC(C)(C)C)[C@H](C)CN12.